The zero-order chi connectivity index (χ0) is 20.4. The van der Waals surface area contributed by atoms with Gasteiger partial charge in [-0.15, -0.1) is 0 Å². The summed E-state index contributed by atoms with van der Waals surface area (Å²) >= 11 is 0. The molecule has 1 atom stereocenters. The van der Waals surface area contributed by atoms with E-state index >= 15 is 0 Å². The fraction of sp³-hybridized carbons (Fsp3) is 0.381. The number of benzene rings is 1. The lowest BCUT2D eigenvalue weighted by atomic mass is 10.1. The zero-order valence-electron chi connectivity index (χ0n) is 16.6. The molecule has 8 nitrogen and oxygen atoms in total. The summed E-state index contributed by atoms with van der Waals surface area (Å²) in [6, 6.07) is 7.62. The van der Waals surface area contributed by atoms with Crippen molar-refractivity contribution in [2.75, 3.05) is 26.8 Å². The summed E-state index contributed by atoms with van der Waals surface area (Å²) in [7, 11) is 1.60. The minimum absolute atomic E-state index is 0.0111. The maximum atomic E-state index is 13.2. The number of nitrogens with one attached hydrogen (secondary N) is 2. The van der Waals surface area contributed by atoms with Gasteiger partial charge in [0, 0.05) is 50.0 Å². The standard InChI is InChI=1S/C21H25N5O3/c1-14-20-24-15(11-19(27)22-7-10-29-2)13-25(20)8-9-26(14)21(28)17-12-23-18-6-4-3-5-16(17)18/h3-6,12-14,23H,7-11H2,1-2H3,(H,22,27). The lowest BCUT2D eigenvalue weighted by Crippen LogP contribution is -2.41. The van der Waals surface area contributed by atoms with Crippen LogP contribution >= 0.6 is 0 Å². The molecule has 4 rings (SSSR count). The molecule has 152 valence electrons. The summed E-state index contributed by atoms with van der Waals surface area (Å²) in [6.45, 7) is 4.20. The summed E-state index contributed by atoms with van der Waals surface area (Å²) in [5.41, 5.74) is 2.33. The van der Waals surface area contributed by atoms with Gasteiger partial charge in [-0.3, -0.25) is 9.59 Å². The van der Waals surface area contributed by atoms with Gasteiger partial charge < -0.3 is 24.5 Å². The molecule has 29 heavy (non-hydrogen) atoms. The maximum absolute atomic E-state index is 13.2. The topological polar surface area (TPSA) is 92.2 Å². The number of methoxy groups -OCH3 is 1. The van der Waals surface area contributed by atoms with Gasteiger partial charge in [-0.05, 0) is 13.0 Å². The Balaban J connectivity index is 1.49. The van der Waals surface area contributed by atoms with Crippen molar-refractivity contribution in [1.29, 1.82) is 0 Å². The van der Waals surface area contributed by atoms with E-state index in [9.17, 15) is 9.59 Å². The highest BCUT2D eigenvalue weighted by molar-refractivity contribution is 6.06. The third kappa shape index (κ3) is 3.75. The van der Waals surface area contributed by atoms with Crippen molar-refractivity contribution < 1.29 is 14.3 Å². The van der Waals surface area contributed by atoms with Gasteiger partial charge in [0.05, 0.1) is 30.3 Å². The third-order valence-electron chi connectivity index (χ3n) is 5.33. The average molecular weight is 395 g/mol. The van der Waals surface area contributed by atoms with Crippen LogP contribution in [-0.4, -0.2) is 58.1 Å². The fourth-order valence-corrected chi connectivity index (χ4v) is 3.83. The number of amides is 2. The van der Waals surface area contributed by atoms with E-state index in [-0.39, 0.29) is 24.3 Å². The number of rotatable bonds is 6. The highest BCUT2D eigenvalue weighted by atomic mass is 16.5. The highest BCUT2D eigenvalue weighted by Crippen LogP contribution is 2.28. The number of imidazole rings is 1. The predicted molar refractivity (Wildman–Crippen MR) is 109 cm³/mol. The van der Waals surface area contributed by atoms with Crippen LogP contribution in [0.4, 0.5) is 0 Å². The molecule has 3 aromatic rings. The van der Waals surface area contributed by atoms with E-state index in [0.717, 1.165) is 16.7 Å². The van der Waals surface area contributed by atoms with E-state index in [4.69, 9.17) is 4.74 Å². The molecule has 1 aliphatic heterocycles. The van der Waals surface area contributed by atoms with E-state index in [1.54, 1.807) is 13.3 Å². The van der Waals surface area contributed by atoms with Gasteiger partial charge in [-0.1, -0.05) is 18.2 Å². The van der Waals surface area contributed by atoms with Crippen LogP contribution in [0.25, 0.3) is 10.9 Å². The van der Waals surface area contributed by atoms with Crippen molar-refractivity contribution in [3.05, 3.63) is 53.7 Å². The molecule has 0 spiro atoms. The summed E-state index contributed by atoms with van der Waals surface area (Å²) in [6.07, 6.45) is 3.90. The Labute approximate surface area is 168 Å². The van der Waals surface area contributed by atoms with Crippen molar-refractivity contribution in [3.63, 3.8) is 0 Å². The monoisotopic (exact) mass is 395 g/mol. The summed E-state index contributed by atoms with van der Waals surface area (Å²) in [4.78, 5) is 34.9. The van der Waals surface area contributed by atoms with Gasteiger partial charge in [0.15, 0.2) is 0 Å². The van der Waals surface area contributed by atoms with Crippen molar-refractivity contribution in [1.82, 2.24) is 24.8 Å². The van der Waals surface area contributed by atoms with Gasteiger partial charge in [-0.2, -0.15) is 0 Å². The molecule has 1 aromatic carbocycles. The first-order valence-corrected chi connectivity index (χ1v) is 9.77. The van der Waals surface area contributed by atoms with E-state index < -0.39 is 0 Å². The first-order valence-electron chi connectivity index (χ1n) is 9.77. The largest absolute Gasteiger partial charge is 0.383 e. The number of aromatic nitrogens is 3. The Morgan fingerprint density at radius 1 is 1.31 bits per heavy atom. The SMILES string of the molecule is COCCNC(=O)Cc1cn2c(n1)C(C)N(C(=O)c1c[nH]c3ccccc13)CC2. The zero-order valence-corrected chi connectivity index (χ0v) is 16.6. The lowest BCUT2D eigenvalue weighted by molar-refractivity contribution is -0.120. The van der Waals surface area contributed by atoms with Gasteiger partial charge >= 0.3 is 0 Å². The molecule has 2 aromatic heterocycles. The average Bonchev–Trinajstić information content (AvgIpc) is 3.32. The van der Waals surface area contributed by atoms with Crippen LogP contribution in [-0.2, 0) is 22.5 Å². The Morgan fingerprint density at radius 3 is 2.97 bits per heavy atom. The molecule has 0 radical (unpaired) electrons. The minimum atomic E-state index is -0.171. The Hall–Kier alpha value is -3.13. The molecular weight excluding hydrogens is 370 g/mol. The van der Waals surface area contributed by atoms with Crippen molar-refractivity contribution >= 4 is 22.7 Å². The van der Waals surface area contributed by atoms with Crippen molar-refractivity contribution in [3.8, 4) is 0 Å². The molecular formula is C21H25N5O3. The summed E-state index contributed by atoms with van der Waals surface area (Å²) < 4.78 is 6.98. The van der Waals surface area contributed by atoms with Crippen molar-refractivity contribution in [2.45, 2.75) is 25.9 Å². The van der Waals surface area contributed by atoms with Crippen LogP contribution in [0.1, 0.15) is 34.8 Å². The number of ether oxygens (including phenoxy) is 1. The van der Waals surface area contributed by atoms with Crippen LogP contribution in [0.2, 0.25) is 0 Å². The number of carbonyl (C=O) groups is 2. The van der Waals surface area contributed by atoms with E-state index in [1.165, 1.54) is 0 Å². The minimum Gasteiger partial charge on any atom is -0.383 e. The molecule has 0 saturated heterocycles. The summed E-state index contributed by atoms with van der Waals surface area (Å²) in [5, 5.41) is 3.73. The van der Waals surface area contributed by atoms with E-state index in [2.05, 4.69) is 15.3 Å². The highest BCUT2D eigenvalue weighted by Gasteiger charge is 2.31. The van der Waals surface area contributed by atoms with Crippen molar-refractivity contribution in [2.24, 2.45) is 0 Å². The molecule has 0 aliphatic carbocycles. The van der Waals surface area contributed by atoms with Gasteiger partial charge in [0.1, 0.15) is 5.82 Å². The first-order chi connectivity index (χ1) is 14.1. The van der Waals surface area contributed by atoms with Gasteiger partial charge in [0.2, 0.25) is 5.91 Å². The Morgan fingerprint density at radius 2 is 2.14 bits per heavy atom. The quantitative estimate of drug-likeness (QED) is 0.624. The molecule has 2 amide bonds. The Kier molecular flexibility index (Phi) is 5.35. The Bertz CT molecular complexity index is 1040. The van der Waals surface area contributed by atoms with Crippen LogP contribution < -0.4 is 5.32 Å². The van der Waals surface area contributed by atoms with E-state index in [1.807, 2.05) is 46.9 Å². The number of fused-ring (bicyclic) bond motifs is 2. The number of hydrogen-bond donors (Lipinski definition) is 2. The number of nitrogens with zero attached hydrogens (tertiary/aromatic N) is 3. The molecule has 0 saturated carbocycles. The molecule has 0 fully saturated rings. The predicted octanol–water partition coefficient (Wildman–Crippen LogP) is 1.89. The molecule has 1 unspecified atom stereocenters. The fourth-order valence-electron chi connectivity index (χ4n) is 3.83. The number of hydrogen-bond acceptors (Lipinski definition) is 4. The number of aromatic amines is 1. The lowest BCUT2D eigenvalue weighted by Gasteiger charge is -2.33. The summed E-state index contributed by atoms with van der Waals surface area (Å²) in [5.74, 6) is 0.712. The molecule has 2 N–H and O–H groups in total. The normalized spacial score (nSPS) is 16.1. The van der Waals surface area contributed by atoms with Crippen LogP contribution in [0.5, 0.6) is 0 Å². The number of carbonyl (C=O) groups excluding carboxylic acids is 2. The second-order valence-electron chi connectivity index (χ2n) is 7.23. The second-order valence-corrected chi connectivity index (χ2v) is 7.23. The third-order valence-corrected chi connectivity index (χ3v) is 5.33. The van der Waals surface area contributed by atoms with E-state index in [0.29, 0.717) is 37.5 Å². The smallest absolute Gasteiger partial charge is 0.256 e. The maximum Gasteiger partial charge on any atom is 0.256 e. The van der Waals surface area contributed by atoms with Crippen LogP contribution in [0.15, 0.2) is 36.7 Å². The van der Waals surface area contributed by atoms with Crippen LogP contribution in [0.3, 0.4) is 0 Å². The van der Waals surface area contributed by atoms with Gasteiger partial charge in [-0.25, -0.2) is 4.98 Å². The second kappa shape index (κ2) is 8.08. The first kappa shape index (κ1) is 19.2. The molecule has 8 heteroatoms. The van der Waals surface area contributed by atoms with Crippen LogP contribution in [0, 0.1) is 0 Å². The molecule has 3 heterocycles. The molecule has 1 aliphatic rings. The molecule has 0 bridgehead atoms. The van der Waals surface area contributed by atoms with Gasteiger partial charge in [0.25, 0.3) is 5.91 Å². The number of para-hydroxylation sites is 1. The number of H-pyrrole nitrogens is 1.